The van der Waals surface area contributed by atoms with Gasteiger partial charge in [0.25, 0.3) is 0 Å². The van der Waals surface area contributed by atoms with Crippen LogP contribution < -0.4 is 4.90 Å². The third-order valence-corrected chi connectivity index (χ3v) is 6.43. The van der Waals surface area contributed by atoms with Crippen molar-refractivity contribution in [3.63, 3.8) is 0 Å². The fraction of sp³-hybridized carbons (Fsp3) is 0.632. The Bertz CT molecular complexity index is 802. The number of aryl methyl sites for hydroxylation is 3. The quantitative estimate of drug-likeness (QED) is 0.782. The van der Waals surface area contributed by atoms with Crippen LogP contribution in [0.15, 0.2) is 0 Å². The SMILES string of the molecule is CCOC(=O)C1CCCN(c2nc(CC)nc3sc4c(c23)CCC4)C1. The highest BCUT2D eigenvalue weighted by atomic mass is 32.1. The van der Waals surface area contributed by atoms with E-state index in [4.69, 9.17) is 14.7 Å². The van der Waals surface area contributed by atoms with Crippen LogP contribution in [0.3, 0.4) is 0 Å². The Hall–Kier alpha value is -1.69. The fourth-order valence-corrected chi connectivity index (χ4v) is 5.30. The monoisotopic (exact) mass is 359 g/mol. The normalized spacial score (nSPS) is 20.1. The van der Waals surface area contributed by atoms with Crippen molar-refractivity contribution >= 4 is 33.3 Å². The summed E-state index contributed by atoms with van der Waals surface area (Å²) in [7, 11) is 0. The van der Waals surface area contributed by atoms with Gasteiger partial charge < -0.3 is 9.64 Å². The van der Waals surface area contributed by atoms with Crippen LogP contribution in [0.1, 0.15) is 49.4 Å². The summed E-state index contributed by atoms with van der Waals surface area (Å²) in [6.07, 6.45) is 6.28. The van der Waals surface area contributed by atoms with Crippen LogP contribution in [0.25, 0.3) is 10.2 Å². The minimum Gasteiger partial charge on any atom is -0.466 e. The molecule has 1 saturated heterocycles. The molecule has 1 atom stereocenters. The van der Waals surface area contributed by atoms with Gasteiger partial charge in [-0.25, -0.2) is 9.97 Å². The number of nitrogens with zero attached hydrogens (tertiary/aromatic N) is 3. The number of ether oxygens (including phenoxy) is 1. The lowest BCUT2D eigenvalue weighted by Gasteiger charge is -2.33. The van der Waals surface area contributed by atoms with Gasteiger partial charge in [0.2, 0.25) is 0 Å². The van der Waals surface area contributed by atoms with Gasteiger partial charge in [-0.05, 0) is 44.6 Å². The van der Waals surface area contributed by atoms with E-state index in [1.165, 1.54) is 28.7 Å². The summed E-state index contributed by atoms with van der Waals surface area (Å²) in [5.74, 6) is 1.84. The summed E-state index contributed by atoms with van der Waals surface area (Å²) in [6, 6.07) is 0. The highest BCUT2D eigenvalue weighted by molar-refractivity contribution is 7.19. The summed E-state index contributed by atoms with van der Waals surface area (Å²) in [5.41, 5.74) is 1.45. The summed E-state index contributed by atoms with van der Waals surface area (Å²) in [6.45, 7) is 6.08. The Morgan fingerprint density at radius 2 is 2.16 bits per heavy atom. The zero-order valence-corrected chi connectivity index (χ0v) is 15.8. The maximum atomic E-state index is 12.2. The molecule has 4 rings (SSSR count). The van der Waals surface area contributed by atoms with Gasteiger partial charge in [0.1, 0.15) is 16.5 Å². The molecule has 6 heteroatoms. The molecule has 1 aliphatic carbocycles. The molecule has 0 bridgehead atoms. The number of esters is 1. The zero-order chi connectivity index (χ0) is 17.4. The van der Waals surface area contributed by atoms with Gasteiger partial charge in [-0.3, -0.25) is 4.79 Å². The number of anilines is 1. The van der Waals surface area contributed by atoms with Crippen LogP contribution >= 0.6 is 11.3 Å². The Morgan fingerprint density at radius 1 is 1.28 bits per heavy atom. The first-order chi connectivity index (χ1) is 12.2. The second-order valence-corrected chi connectivity index (χ2v) is 7.98. The lowest BCUT2D eigenvalue weighted by molar-refractivity contribution is -0.148. The highest BCUT2D eigenvalue weighted by Gasteiger charge is 2.30. The lowest BCUT2D eigenvalue weighted by Crippen LogP contribution is -2.40. The highest BCUT2D eigenvalue weighted by Crippen LogP contribution is 2.41. The molecule has 5 nitrogen and oxygen atoms in total. The maximum Gasteiger partial charge on any atom is 0.310 e. The molecular formula is C19H25N3O2S. The molecule has 3 heterocycles. The topological polar surface area (TPSA) is 55.3 Å². The molecule has 0 saturated carbocycles. The molecule has 2 aromatic rings. The van der Waals surface area contributed by atoms with E-state index in [2.05, 4.69) is 11.8 Å². The molecule has 0 radical (unpaired) electrons. The van der Waals surface area contributed by atoms with E-state index < -0.39 is 0 Å². The molecule has 2 aromatic heterocycles. The largest absolute Gasteiger partial charge is 0.466 e. The second-order valence-electron chi connectivity index (χ2n) is 6.89. The van der Waals surface area contributed by atoms with Gasteiger partial charge in [-0.15, -0.1) is 11.3 Å². The Labute approximate surface area is 152 Å². The molecule has 0 spiro atoms. The van der Waals surface area contributed by atoms with Gasteiger partial charge in [-0.2, -0.15) is 0 Å². The van der Waals surface area contributed by atoms with Crippen molar-refractivity contribution in [2.45, 2.75) is 52.4 Å². The van der Waals surface area contributed by atoms with Gasteiger partial charge in [0.15, 0.2) is 0 Å². The minimum atomic E-state index is -0.0660. The Kier molecular flexibility index (Phi) is 4.63. The van der Waals surface area contributed by atoms with E-state index >= 15 is 0 Å². The van der Waals surface area contributed by atoms with Crippen LogP contribution in [0.4, 0.5) is 5.82 Å². The van der Waals surface area contributed by atoms with Crippen molar-refractivity contribution in [3.8, 4) is 0 Å². The summed E-state index contributed by atoms with van der Waals surface area (Å²) >= 11 is 1.84. The standard InChI is InChI=1S/C19H25N3O2S/c1-3-15-20-17(16-13-8-5-9-14(13)25-18(16)21-15)22-10-6-7-12(11-22)19(23)24-4-2/h12H,3-11H2,1-2H3. The van der Waals surface area contributed by atoms with E-state index in [0.29, 0.717) is 13.2 Å². The number of thiophene rings is 1. The molecule has 1 unspecified atom stereocenters. The van der Waals surface area contributed by atoms with Crippen molar-refractivity contribution < 1.29 is 9.53 Å². The maximum absolute atomic E-state index is 12.2. The Balaban J connectivity index is 1.73. The predicted molar refractivity (Wildman–Crippen MR) is 100 cm³/mol. The third-order valence-electron chi connectivity index (χ3n) is 5.25. The molecule has 25 heavy (non-hydrogen) atoms. The summed E-state index contributed by atoms with van der Waals surface area (Å²) in [4.78, 5) is 26.8. The molecule has 0 aromatic carbocycles. The first kappa shape index (κ1) is 16.8. The average molecular weight is 359 g/mol. The second kappa shape index (κ2) is 6.90. The van der Waals surface area contributed by atoms with E-state index in [1.54, 1.807) is 0 Å². The van der Waals surface area contributed by atoms with E-state index in [1.807, 2.05) is 18.3 Å². The molecule has 2 aliphatic rings. The van der Waals surface area contributed by atoms with Crippen LogP contribution in [-0.2, 0) is 28.8 Å². The van der Waals surface area contributed by atoms with Crippen molar-refractivity contribution in [2.24, 2.45) is 5.92 Å². The lowest BCUT2D eigenvalue weighted by atomic mass is 9.98. The zero-order valence-electron chi connectivity index (χ0n) is 15.0. The van der Waals surface area contributed by atoms with Gasteiger partial charge in [0, 0.05) is 24.4 Å². The number of hydrogen-bond acceptors (Lipinski definition) is 6. The molecule has 1 aliphatic heterocycles. The summed E-state index contributed by atoms with van der Waals surface area (Å²) < 4.78 is 5.26. The summed E-state index contributed by atoms with van der Waals surface area (Å²) in [5, 5.41) is 1.25. The molecule has 0 amide bonds. The number of fused-ring (bicyclic) bond motifs is 3. The van der Waals surface area contributed by atoms with Crippen molar-refractivity contribution in [3.05, 3.63) is 16.3 Å². The van der Waals surface area contributed by atoms with Crippen LogP contribution in [0.2, 0.25) is 0 Å². The van der Waals surface area contributed by atoms with Gasteiger partial charge >= 0.3 is 5.97 Å². The van der Waals surface area contributed by atoms with Crippen molar-refractivity contribution in [1.82, 2.24) is 9.97 Å². The number of rotatable bonds is 4. The van der Waals surface area contributed by atoms with Crippen molar-refractivity contribution in [1.29, 1.82) is 0 Å². The van der Waals surface area contributed by atoms with Crippen LogP contribution in [0.5, 0.6) is 0 Å². The van der Waals surface area contributed by atoms with E-state index in [0.717, 1.165) is 48.7 Å². The first-order valence-corrected chi connectivity index (χ1v) is 10.3. The molecular weight excluding hydrogens is 334 g/mol. The van der Waals surface area contributed by atoms with Gasteiger partial charge in [0.05, 0.1) is 17.9 Å². The number of hydrogen-bond donors (Lipinski definition) is 0. The average Bonchev–Trinajstić information content (AvgIpc) is 3.22. The number of aromatic nitrogens is 2. The van der Waals surface area contributed by atoms with Crippen molar-refractivity contribution in [2.75, 3.05) is 24.6 Å². The van der Waals surface area contributed by atoms with Gasteiger partial charge in [-0.1, -0.05) is 6.92 Å². The third kappa shape index (κ3) is 3.01. The number of carbonyl (C=O) groups excluding carboxylic acids is 1. The minimum absolute atomic E-state index is 0.0459. The fourth-order valence-electron chi connectivity index (χ4n) is 4.03. The molecule has 134 valence electrons. The van der Waals surface area contributed by atoms with Crippen LogP contribution in [0, 0.1) is 5.92 Å². The predicted octanol–water partition coefficient (Wildman–Crippen LogP) is 3.52. The molecule has 1 fully saturated rings. The van der Waals surface area contributed by atoms with Crippen LogP contribution in [-0.4, -0.2) is 35.6 Å². The van der Waals surface area contributed by atoms with E-state index in [9.17, 15) is 4.79 Å². The number of carbonyl (C=O) groups is 1. The van der Waals surface area contributed by atoms with E-state index in [-0.39, 0.29) is 11.9 Å². The molecule has 0 N–H and O–H groups in total. The first-order valence-electron chi connectivity index (χ1n) is 9.44. The Morgan fingerprint density at radius 3 is 2.96 bits per heavy atom. The number of piperidine rings is 1. The smallest absolute Gasteiger partial charge is 0.310 e.